The van der Waals surface area contributed by atoms with Gasteiger partial charge in [0, 0.05) is 17.6 Å². The normalized spacial score (nSPS) is 25.1. The lowest BCUT2D eigenvalue weighted by Gasteiger charge is -2.27. The van der Waals surface area contributed by atoms with Gasteiger partial charge in [-0.1, -0.05) is 19.8 Å². The highest BCUT2D eigenvalue weighted by atomic mass is 32.1. The van der Waals surface area contributed by atoms with Gasteiger partial charge in [-0.15, -0.1) is 11.3 Å². The lowest BCUT2D eigenvalue weighted by Crippen LogP contribution is -2.40. The fourth-order valence-corrected chi connectivity index (χ4v) is 2.69. The number of carbonyl (C=O) groups excluding carboxylic acids is 1. The van der Waals surface area contributed by atoms with Gasteiger partial charge >= 0.3 is 6.03 Å². The van der Waals surface area contributed by atoms with Crippen molar-refractivity contribution in [3.8, 4) is 0 Å². The highest BCUT2D eigenvalue weighted by Crippen LogP contribution is 2.23. The van der Waals surface area contributed by atoms with Gasteiger partial charge in [-0.05, 0) is 18.8 Å². The molecule has 0 radical (unpaired) electrons. The molecule has 0 aromatic carbocycles. The van der Waals surface area contributed by atoms with Crippen LogP contribution in [0, 0.1) is 5.92 Å². The van der Waals surface area contributed by atoms with Crippen LogP contribution in [-0.4, -0.2) is 17.1 Å². The number of thiazole rings is 1. The first-order chi connectivity index (χ1) is 7.74. The SMILES string of the molecule is CC1CCC[C@H](NC(=O)Nc2nccs2)C1. The van der Waals surface area contributed by atoms with Crippen LogP contribution in [-0.2, 0) is 0 Å². The molecular formula is C11H17N3OS. The van der Waals surface area contributed by atoms with Gasteiger partial charge in [0.05, 0.1) is 0 Å². The molecule has 4 nitrogen and oxygen atoms in total. The number of urea groups is 1. The number of hydrogen-bond donors (Lipinski definition) is 2. The molecule has 2 amide bonds. The van der Waals surface area contributed by atoms with Crippen molar-refractivity contribution in [1.29, 1.82) is 0 Å². The van der Waals surface area contributed by atoms with Crippen LogP contribution in [0.2, 0.25) is 0 Å². The summed E-state index contributed by atoms with van der Waals surface area (Å²) in [6, 6.07) is 0.192. The Labute approximate surface area is 99.5 Å². The summed E-state index contributed by atoms with van der Waals surface area (Å²) in [5, 5.41) is 8.25. The molecule has 1 aliphatic rings. The number of anilines is 1. The first-order valence-corrected chi connectivity index (χ1v) is 6.59. The molecule has 0 spiro atoms. The van der Waals surface area contributed by atoms with E-state index >= 15 is 0 Å². The highest BCUT2D eigenvalue weighted by molar-refractivity contribution is 7.13. The summed E-state index contributed by atoms with van der Waals surface area (Å²) in [7, 11) is 0. The van der Waals surface area contributed by atoms with Crippen molar-refractivity contribution in [2.75, 3.05) is 5.32 Å². The lowest BCUT2D eigenvalue weighted by atomic mass is 9.87. The Hall–Kier alpha value is -1.10. The average molecular weight is 239 g/mol. The molecular weight excluding hydrogens is 222 g/mol. The first kappa shape index (κ1) is 11.4. The zero-order chi connectivity index (χ0) is 11.4. The predicted octanol–water partition coefficient (Wildman–Crippen LogP) is 2.84. The maximum absolute atomic E-state index is 11.6. The fraction of sp³-hybridized carbons (Fsp3) is 0.636. The molecule has 0 saturated heterocycles. The fourth-order valence-electron chi connectivity index (χ4n) is 2.17. The van der Waals surface area contributed by atoms with E-state index in [0.717, 1.165) is 18.8 Å². The molecule has 1 unspecified atom stereocenters. The third-order valence-electron chi connectivity index (χ3n) is 2.92. The summed E-state index contributed by atoms with van der Waals surface area (Å²) in [5.74, 6) is 0.721. The lowest BCUT2D eigenvalue weighted by molar-refractivity contribution is 0.238. The monoisotopic (exact) mass is 239 g/mol. The van der Waals surface area contributed by atoms with Gasteiger partial charge in [0.15, 0.2) is 5.13 Å². The van der Waals surface area contributed by atoms with Gasteiger partial charge in [-0.3, -0.25) is 5.32 Å². The summed E-state index contributed by atoms with van der Waals surface area (Å²) in [4.78, 5) is 15.6. The molecule has 1 heterocycles. The van der Waals surface area contributed by atoms with E-state index in [1.165, 1.54) is 24.2 Å². The Morgan fingerprint density at radius 2 is 2.44 bits per heavy atom. The van der Waals surface area contributed by atoms with Crippen LogP contribution < -0.4 is 10.6 Å². The molecule has 5 heteroatoms. The summed E-state index contributed by atoms with van der Waals surface area (Å²) in [6.07, 6.45) is 6.36. The van der Waals surface area contributed by atoms with E-state index in [0.29, 0.717) is 11.2 Å². The number of nitrogens with one attached hydrogen (secondary N) is 2. The largest absolute Gasteiger partial charge is 0.335 e. The molecule has 88 valence electrons. The Morgan fingerprint density at radius 1 is 1.56 bits per heavy atom. The van der Waals surface area contributed by atoms with Crippen molar-refractivity contribution >= 4 is 22.5 Å². The van der Waals surface area contributed by atoms with Crippen molar-refractivity contribution in [3.63, 3.8) is 0 Å². The predicted molar refractivity (Wildman–Crippen MR) is 65.7 cm³/mol. The number of rotatable bonds is 2. The Bertz CT molecular complexity index is 339. The highest BCUT2D eigenvalue weighted by Gasteiger charge is 2.20. The van der Waals surface area contributed by atoms with Crippen LogP contribution in [0.1, 0.15) is 32.6 Å². The number of aromatic nitrogens is 1. The van der Waals surface area contributed by atoms with Gasteiger partial charge in [-0.25, -0.2) is 9.78 Å². The van der Waals surface area contributed by atoms with E-state index in [4.69, 9.17) is 0 Å². The van der Waals surface area contributed by atoms with Crippen LogP contribution in [0.15, 0.2) is 11.6 Å². The van der Waals surface area contributed by atoms with Crippen LogP contribution in [0.4, 0.5) is 9.93 Å². The molecule has 2 atom stereocenters. The second-order valence-electron chi connectivity index (χ2n) is 4.40. The molecule has 1 fully saturated rings. The van der Waals surface area contributed by atoms with E-state index in [9.17, 15) is 4.79 Å². The van der Waals surface area contributed by atoms with Crippen LogP contribution >= 0.6 is 11.3 Å². The second-order valence-corrected chi connectivity index (χ2v) is 5.30. The third-order valence-corrected chi connectivity index (χ3v) is 3.61. The maximum Gasteiger partial charge on any atom is 0.321 e. The Kier molecular flexibility index (Phi) is 3.77. The van der Waals surface area contributed by atoms with E-state index in [-0.39, 0.29) is 6.03 Å². The van der Waals surface area contributed by atoms with Crippen molar-refractivity contribution in [1.82, 2.24) is 10.3 Å². The molecule has 1 aromatic heterocycles. The van der Waals surface area contributed by atoms with Gasteiger partial charge in [0.1, 0.15) is 0 Å². The summed E-state index contributed by atoms with van der Waals surface area (Å²) in [6.45, 7) is 2.24. The molecule has 0 bridgehead atoms. The van der Waals surface area contributed by atoms with E-state index in [2.05, 4.69) is 22.5 Å². The first-order valence-electron chi connectivity index (χ1n) is 5.71. The summed E-state index contributed by atoms with van der Waals surface area (Å²) in [5.41, 5.74) is 0. The van der Waals surface area contributed by atoms with Crippen molar-refractivity contribution in [2.24, 2.45) is 5.92 Å². The summed E-state index contributed by atoms with van der Waals surface area (Å²) >= 11 is 1.43. The Morgan fingerprint density at radius 3 is 3.12 bits per heavy atom. The number of hydrogen-bond acceptors (Lipinski definition) is 3. The van der Waals surface area contributed by atoms with Gasteiger partial charge in [-0.2, -0.15) is 0 Å². The van der Waals surface area contributed by atoms with E-state index in [1.807, 2.05) is 5.38 Å². The molecule has 2 rings (SSSR count). The number of carbonyl (C=O) groups is 1. The molecule has 0 aliphatic heterocycles. The second kappa shape index (κ2) is 5.30. The van der Waals surface area contributed by atoms with Crippen LogP contribution in [0.3, 0.4) is 0 Å². The van der Waals surface area contributed by atoms with E-state index in [1.54, 1.807) is 6.20 Å². The van der Waals surface area contributed by atoms with Crippen LogP contribution in [0.5, 0.6) is 0 Å². The van der Waals surface area contributed by atoms with Crippen molar-refractivity contribution in [3.05, 3.63) is 11.6 Å². The summed E-state index contributed by atoms with van der Waals surface area (Å²) < 4.78 is 0. The van der Waals surface area contributed by atoms with Gasteiger partial charge in [0.25, 0.3) is 0 Å². The van der Waals surface area contributed by atoms with Gasteiger partial charge < -0.3 is 5.32 Å². The topological polar surface area (TPSA) is 54.0 Å². The Balaban J connectivity index is 1.78. The smallest absolute Gasteiger partial charge is 0.321 e. The molecule has 1 aliphatic carbocycles. The molecule has 16 heavy (non-hydrogen) atoms. The zero-order valence-corrected chi connectivity index (χ0v) is 10.2. The minimum atomic E-state index is -0.131. The zero-order valence-electron chi connectivity index (χ0n) is 9.40. The van der Waals surface area contributed by atoms with Crippen molar-refractivity contribution in [2.45, 2.75) is 38.6 Å². The van der Waals surface area contributed by atoms with Crippen molar-refractivity contribution < 1.29 is 4.79 Å². The average Bonchev–Trinajstić information content (AvgIpc) is 2.70. The maximum atomic E-state index is 11.6. The third kappa shape index (κ3) is 3.20. The molecule has 1 aromatic rings. The number of amides is 2. The molecule has 2 N–H and O–H groups in total. The number of nitrogens with zero attached hydrogens (tertiary/aromatic N) is 1. The standard InChI is InChI=1S/C11H17N3OS/c1-8-3-2-4-9(7-8)13-10(15)14-11-12-5-6-16-11/h5-6,8-9H,2-4,7H2,1H3,(H2,12,13,14,15)/t8?,9-/m0/s1. The molecule has 1 saturated carbocycles. The van der Waals surface area contributed by atoms with E-state index < -0.39 is 0 Å². The van der Waals surface area contributed by atoms with Gasteiger partial charge in [0.2, 0.25) is 0 Å². The van der Waals surface area contributed by atoms with Crippen LogP contribution in [0.25, 0.3) is 0 Å². The minimum Gasteiger partial charge on any atom is -0.335 e. The quantitative estimate of drug-likeness (QED) is 0.833. The minimum absolute atomic E-state index is 0.131.